The molecule has 1 aromatic heterocycles. The molecule has 6 heteroatoms. The van der Waals surface area contributed by atoms with Crippen LogP contribution in [0.4, 0.5) is 10.3 Å². The van der Waals surface area contributed by atoms with Crippen molar-refractivity contribution >= 4 is 5.95 Å². The molecule has 0 radical (unpaired) electrons. The largest absolute Gasteiger partial charge is 0.370 e. The molecule has 21 heavy (non-hydrogen) atoms. The molecular formula is C15H18FN3O2. The van der Waals surface area contributed by atoms with Crippen molar-refractivity contribution in [1.29, 1.82) is 0 Å². The highest BCUT2D eigenvalue weighted by atomic mass is 19.1. The highest BCUT2D eigenvalue weighted by molar-refractivity contribution is 5.31. The van der Waals surface area contributed by atoms with E-state index in [4.69, 9.17) is 9.26 Å². The molecule has 1 aliphatic rings. The quantitative estimate of drug-likeness (QED) is 0.870. The van der Waals surface area contributed by atoms with Crippen molar-refractivity contribution in [1.82, 2.24) is 10.1 Å². The summed E-state index contributed by atoms with van der Waals surface area (Å²) in [7, 11) is 0. The predicted octanol–water partition coefficient (Wildman–Crippen LogP) is 2.91. The lowest BCUT2D eigenvalue weighted by Crippen LogP contribution is -2.39. The van der Waals surface area contributed by atoms with Crippen LogP contribution in [0.15, 0.2) is 28.8 Å². The van der Waals surface area contributed by atoms with E-state index in [9.17, 15) is 4.39 Å². The minimum absolute atomic E-state index is 0.111. The minimum Gasteiger partial charge on any atom is -0.370 e. The summed E-state index contributed by atoms with van der Waals surface area (Å²) >= 11 is 0. The molecule has 0 bridgehead atoms. The Hall–Kier alpha value is -1.95. The van der Waals surface area contributed by atoms with Gasteiger partial charge >= 0.3 is 0 Å². The van der Waals surface area contributed by atoms with Crippen LogP contribution < -0.4 is 4.90 Å². The van der Waals surface area contributed by atoms with Crippen LogP contribution >= 0.6 is 0 Å². The van der Waals surface area contributed by atoms with Crippen molar-refractivity contribution in [3.63, 3.8) is 0 Å². The van der Waals surface area contributed by atoms with Gasteiger partial charge in [-0.1, -0.05) is 26.0 Å². The molecule has 1 saturated heterocycles. The van der Waals surface area contributed by atoms with Crippen molar-refractivity contribution < 1.29 is 13.7 Å². The maximum absolute atomic E-state index is 13.0. The smallest absolute Gasteiger partial charge is 0.266 e. The van der Waals surface area contributed by atoms with Crippen LogP contribution in [0.5, 0.6) is 0 Å². The molecule has 0 saturated carbocycles. The first-order valence-corrected chi connectivity index (χ1v) is 7.09. The number of nitrogens with zero attached hydrogens (tertiary/aromatic N) is 3. The lowest BCUT2D eigenvalue weighted by atomic mass is 10.1. The Labute approximate surface area is 122 Å². The molecule has 2 aromatic rings. The topological polar surface area (TPSA) is 51.4 Å². The summed E-state index contributed by atoms with van der Waals surface area (Å²) in [5.74, 6) is 1.19. The lowest BCUT2D eigenvalue weighted by Gasteiger charge is -2.32. The first-order valence-electron chi connectivity index (χ1n) is 7.09. The van der Waals surface area contributed by atoms with Crippen LogP contribution in [0.3, 0.4) is 0 Å². The summed E-state index contributed by atoms with van der Waals surface area (Å²) in [5, 5.41) is 4.03. The van der Waals surface area contributed by atoms with Crippen molar-refractivity contribution in [2.24, 2.45) is 0 Å². The molecule has 0 unspecified atom stereocenters. The summed E-state index contributed by atoms with van der Waals surface area (Å²) < 4.78 is 24.0. The van der Waals surface area contributed by atoms with E-state index in [0.717, 1.165) is 12.1 Å². The highest BCUT2D eigenvalue weighted by Crippen LogP contribution is 2.25. The maximum atomic E-state index is 13.0. The Morgan fingerprint density at radius 1 is 1.29 bits per heavy atom. The SMILES string of the molecule is CC(C)c1nc(N2CCO[C@@H](c3ccc(F)cc3)C2)no1. The molecular weight excluding hydrogens is 273 g/mol. The fraction of sp³-hybridized carbons (Fsp3) is 0.467. The van der Waals surface area contributed by atoms with Crippen LogP contribution in [-0.2, 0) is 4.74 Å². The summed E-state index contributed by atoms with van der Waals surface area (Å²) in [6, 6.07) is 6.39. The molecule has 1 aromatic carbocycles. The van der Waals surface area contributed by atoms with E-state index in [1.807, 2.05) is 18.7 Å². The number of hydrogen-bond acceptors (Lipinski definition) is 5. The van der Waals surface area contributed by atoms with E-state index in [0.29, 0.717) is 25.0 Å². The lowest BCUT2D eigenvalue weighted by molar-refractivity contribution is 0.0390. The van der Waals surface area contributed by atoms with Gasteiger partial charge in [-0.05, 0) is 22.9 Å². The highest BCUT2D eigenvalue weighted by Gasteiger charge is 2.25. The maximum Gasteiger partial charge on any atom is 0.266 e. The number of aromatic nitrogens is 2. The summed E-state index contributed by atoms with van der Waals surface area (Å²) in [4.78, 5) is 6.44. The Morgan fingerprint density at radius 3 is 2.71 bits per heavy atom. The summed E-state index contributed by atoms with van der Waals surface area (Å²) in [6.45, 7) is 5.95. The Bertz CT molecular complexity index is 597. The third-order valence-corrected chi connectivity index (χ3v) is 3.52. The standard InChI is InChI=1S/C15H18FN3O2/c1-10(2)14-17-15(18-21-14)19-7-8-20-13(9-19)11-3-5-12(16)6-4-11/h3-6,10,13H,7-9H2,1-2H3/t13-/m1/s1. The zero-order valence-electron chi connectivity index (χ0n) is 12.1. The zero-order chi connectivity index (χ0) is 14.8. The molecule has 3 rings (SSSR count). The van der Waals surface area contributed by atoms with Crippen LogP contribution in [-0.4, -0.2) is 29.8 Å². The van der Waals surface area contributed by atoms with Gasteiger partial charge in [0.15, 0.2) is 0 Å². The summed E-state index contributed by atoms with van der Waals surface area (Å²) in [5.41, 5.74) is 0.952. The Kier molecular flexibility index (Phi) is 3.88. The monoisotopic (exact) mass is 291 g/mol. The number of anilines is 1. The van der Waals surface area contributed by atoms with Gasteiger partial charge in [-0.25, -0.2) is 4.39 Å². The molecule has 0 spiro atoms. The number of halogens is 1. The average molecular weight is 291 g/mol. The number of benzene rings is 1. The predicted molar refractivity (Wildman–Crippen MR) is 75.7 cm³/mol. The molecule has 1 fully saturated rings. The van der Waals surface area contributed by atoms with Crippen LogP contribution in [0, 0.1) is 5.82 Å². The second kappa shape index (κ2) is 5.81. The second-order valence-corrected chi connectivity index (χ2v) is 5.44. The van der Waals surface area contributed by atoms with Gasteiger partial charge < -0.3 is 14.2 Å². The first kappa shape index (κ1) is 14.0. The van der Waals surface area contributed by atoms with Gasteiger partial charge in [-0.15, -0.1) is 0 Å². The van der Waals surface area contributed by atoms with Crippen LogP contribution in [0.2, 0.25) is 0 Å². The molecule has 0 aliphatic carbocycles. The van der Waals surface area contributed by atoms with E-state index < -0.39 is 0 Å². The van der Waals surface area contributed by atoms with Gasteiger partial charge in [0.1, 0.15) is 11.9 Å². The second-order valence-electron chi connectivity index (χ2n) is 5.44. The van der Waals surface area contributed by atoms with Gasteiger partial charge in [0.05, 0.1) is 13.2 Å². The number of ether oxygens (including phenoxy) is 1. The van der Waals surface area contributed by atoms with Gasteiger partial charge in [-0.3, -0.25) is 0 Å². The number of rotatable bonds is 3. The van der Waals surface area contributed by atoms with E-state index in [1.165, 1.54) is 12.1 Å². The van der Waals surface area contributed by atoms with Gasteiger partial charge in [0.25, 0.3) is 5.95 Å². The van der Waals surface area contributed by atoms with E-state index in [2.05, 4.69) is 10.1 Å². The number of morpholine rings is 1. The van der Waals surface area contributed by atoms with Crippen molar-refractivity contribution in [3.8, 4) is 0 Å². The number of hydrogen-bond donors (Lipinski definition) is 0. The van der Waals surface area contributed by atoms with Crippen molar-refractivity contribution in [2.75, 3.05) is 24.6 Å². The molecule has 5 nitrogen and oxygen atoms in total. The molecule has 0 N–H and O–H groups in total. The van der Waals surface area contributed by atoms with E-state index in [1.54, 1.807) is 12.1 Å². The summed E-state index contributed by atoms with van der Waals surface area (Å²) in [6.07, 6.45) is -0.111. The fourth-order valence-corrected chi connectivity index (χ4v) is 2.30. The molecule has 2 heterocycles. The van der Waals surface area contributed by atoms with Crippen LogP contribution in [0.25, 0.3) is 0 Å². The zero-order valence-corrected chi connectivity index (χ0v) is 12.1. The van der Waals surface area contributed by atoms with Gasteiger partial charge in [-0.2, -0.15) is 4.98 Å². The Morgan fingerprint density at radius 2 is 2.05 bits per heavy atom. The third kappa shape index (κ3) is 3.05. The Balaban J connectivity index is 1.74. The van der Waals surface area contributed by atoms with E-state index in [-0.39, 0.29) is 17.8 Å². The molecule has 1 aliphatic heterocycles. The van der Waals surface area contributed by atoms with Gasteiger partial charge in [0, 0.05) is 12.5 Å². The fourth-order valence-electron chi connectivity index (χ4n) is 2.30. The third-order valence-electron chi connectivity index (χ3n) is 3.52. The van der Waals surface area contributed by atoms with Crippen molar-refractivity contribution in [2.45, 2.75) is 25.9 Å². The normalized spacial score (nSPS) is 19.2. The average Bonchev–Trinajstić information content (AvgIpc) is 2.98. The van der Waals surface area contributed by atoms with Gasteiger partial charge in [0.2, 0.25) is 5.89 Å². The first-order chi connectivity index (χ1) is 10.1. The van der Waals surface area contributed by atoms with Crippen molar-refractivity contribution in [3.05, 3.63) is 41.5 Å². The molecule has 112 valence electrons. The minimum atomic E-state index is -0.244. The van der Waals surface area contributed by atoms with E-state index >= 15 is 0 Å². The molecule has 1 atom stereocenters. The van der Waals surface area contributed by atoms with Crippen LogP contribution in [0.1, 0.15) is 37.3 Å². The molecule has 0 amide bonds.